The van der Waals surface area contributed by atoms with Gasteiger partial charge >= 0.3 is 12.1 Å². The SMILES string of the molecule is [B]c1ccc(S(=O)(=O)O[C@H]2C[C@@H](C(=O)OC)N(C(=O)[C@@H](NC(=O)OC3CCCC3)C(C)(C)C)C2)cc1. The summed E-state index contributed by atoms with van der Waals surface area (Å²) in [4.78, 5) is 39.9. The van der Waals surface area contributed by atoms with E-state index in [2.05, 4.69) is 5.32 Å². The van der Waals surface area contributed by atoms with Crippen LogP contribution < -0.4 is 10.8 Å². The molecule has 36 heavy (non-hydrogen) atoms. The number of benzene rings is 1. The van der Waals surface area contributed by atoms with E-state index in [1.807, 2.05) is 0 Å². The van der Waals surface area contributed by atoms with Gasteiger partial charge in [0.1, 0.15) is 26.0 Å². The monoisotopic (exact) mass is 520 g/mol. The minimum atomic E-state index is -4.18. The van der Waals surface area contributed by atoms with E-state index in [4.69, 9.17) is 21.5 Å². The molecule has 1 aliphatic carbocycles. The molecule has 3 rings (SSSR count). The predicted molar refractivity (Wildman–Crippen MR) is 131 cm³/mol. The maximum atomic E-state index is 13.6. The van der Waals surface area contributed by atoms with E-state index in [1.165, 1.54) is 36.3 Å². The van der Waals surface area contributed by atoms with Gasteiger partial charge in [0.05, 0.1) is 18.1 Å². The van der Waals surface area contributed by atoms with Crippen molar-refractivity contribution in [3.05, 3.63) is 24.3 Å². The third-order valence-electron chi connectivity index (χ3n) is 6.40. The third-order valence-corrected chi connectivity index (χ3v) is 7.78. The summed E-state index contributed by atoms with van der Waals surface area (Å²) >= 11 is 0. The van der Waals surface area contributed by atoms with Crippen molar-refractivity contribution in [2.75, 3.05) is 13.7 Å². The summed E-state index contributed by atoms with van der Waals surface area (Å²) in [5.74, 6) is -1.27. The van der Waals surface area contributed by atoms with Gasteiger partial charge in [0.2, 0.25) is 5.91 Å². The van der Waals surface area contributed by atoms with Crippen molar-refractivity contribution in [3.63, 3.8) is 0 Å². The fourth-order valence-electron chi connectivity index (χ4n) is 4.46. The third kappa shape index (κ3) is 6.79. The Morgan fingerprint density at radius 1 is 1.08 bits per heavy atom. The molecular weight excluding hydrogens is 487 g/mol. The second-order valence-corrected chi connectivity index (χ2v) is 11.8. The molecule has 1 saturated heterocycles. The number of carbonyl (C=O) groups is 3. The fourth-order valence-corrected chi connectivity index (χ4v) is 5.54. The molecule has 1 aromatic carbocycles. The van der Waals surface area contributed by atoms with Gasteiger partial charge in [-0.3, -0.25) is 8.98 Å². The van der Waals surface area contributed by atoms with Gasteiger partial charge in [-0.25, -0.2) is 9.59 Å². The molecule has 0 unspecified atom stereocenters. The number of nitrogens with one attached hydrogen (secondary N) is 1. The Labute approximate surface area is 213 Å². The highest BCUT2D eigenvalue weighted by Crippen LogP contribution is 2.29. The molecule has 2 aliphatic rings. The molecule has 3 atom stereocenters. The van der Waals surface area contributed by atoms with E-state index in [0.29, 0.717) is 5.46 Å². The second kappa shape index (κ2) is 11.2. The van der Waals surface area contributed by atoms with Crippen LogP contribution >= 0.6 is 0 Å². The van der Waals surface area contributed by atoms with Crippen molar-refractivity contribution in [1.82, 2.24) is 10.2 Å². The minimum absolute atomic E-state index is 0.0873. The van der Waals surface area contributed by atoms with E-state index < -0.39 is 51.7 Å². The van der Waals surface area contributed by atoms with Gasteiger partial charge in [0.25, 0.3) is 10.1 Å². The Morgan fingerprint density at radius 3 is 2.25 bits per heavy atom. The van der Waals surface area contributed by atoms with E-state index in [-0.39, 0.29) is 24.0 Å². The summed E-state index contributed by atoms with van der Waals surface area (Å²) in [5, 5.41) is 2.66. The first kappa shape index (κ1) is 28.0. The molecule has 1 aromatic rings. The molecule has 196 valence electrons. The molecule has 2 radical (unpaired) electrons. The van der Waals surface area contributed by atoms with Crippen molar-refractivity contribution in [3.8, 4) is 0 Å². The van der Waals surface area contributed by atoms with Crippen molar-refractivity contribution in [2.24, 2.45) is 5.41 Å². The van der Waals surface area contributed by atoms with Crippen LogP contribution in [0.5, 0.6) is 0 Å². The quantitative estimate of drug-likeness (QED) is 0.325. The van der Waals surface area contributed by atoms with Crippen LogP contribution in [0.4, 0.5) is 4.79 Å². The lowest BCUT2D eigenvalue weighted by atomic mass is 9.85. The summed E-state index contributed by atoms with van der Waals surface area (Å²) < 4.78 is 41.2. The molecule has 0 aromatic heterocycles. The number of amides is 2. The average molecular weight is 520 g/mol. The lowest BCUT2D eigenvalue weighted by molar-refractivity contribution is -0.152. The Hall–Kier alpha value is -2.60. The molecule has 1 N–H and O–H groups in total. The first-order chi connectivity index (χ1) is 16.8. The maximum Gasteiger partial charge on any atom is 0.408 e. The van der Waals surface area contributed by atoms with Gasteiger partial charge in [-0.1, -0.05) is 38.4 Å². The number of hydrogen-bond acceptors (Lipinski definition) is 8. The van der Waals surface area contributed by atoms with E-state index in [9.17, 15) is 22.8 Å². The maximum absolute atomic E-state index is 13.6. The van der Waals surface area contributed by atoms with Crippen LogP contribution in [0.2, 0.25) is 0 Å². The molecule has 10 nitrogen and oxygen atoms in total. The lowest BCUT2D eigenvalue weighted by Crippen LogP contribution is -2.57. The van der Waals surface area contributed by atoms with Crippen molar-refractivity contribution in [2.45, 2.75) is 82.1 Å². The number of hydrogen-bond donors (Lipinski definition) is 1. The van der Waals surface area contributed by atoms with Crippen LogP contribution in [0.3, 0.4) is 0 Å². The number of likely N-dealkylation sites (tertiary alicyclic amines) is 1. The van der Waals surface area contributed by atoms with Crippen molar-refractivity contribution >= 4 is 41.4 Å². The van der Waals surface area contributed by atoms with Crippen LogP contribution in [0.25, 0.3) is 0 Å². The highest BCUT2D eigenvalue weighted by Gasteiger charge is 2.47. The molecule has 1 saturated carbocycles. The van der Waals surface area contributed by atoms with E-state index in [0.717, 1.165) is 25.7 Å². The Bertz CT molecular complexity index is 1060. The fraction of sp³-hybridized carbons (Fsp3) is 0.625. The lowest BCUT2D eigenvalue weighted by Gasteiger charge is -2.35. The summed E-state index contributed by atoms with van der Waals surface area (Å²) in [5.41, 5.74) is -0.342. The normalized spacial score (nSPS) is 21.7. The van der Waals surface area contributed by atoms with E-state index in [1.54, 1.807) is 20.8 Å². The number of methoxy groups -OCH3 is 1. The molecule has 0 spiro atoms. The van der Waals surface area contributed by atoms with E-state index >= 15 is 0 Å². The van der Waals surface area contributed by atoms with Gasteiger partial charge in [-0.05, 0) is 43.2 Å². The Kier molecular flexibility index (Phi) is 8.71. The number of rotatable bonds is 7. The van der Waals surface area contributed by atoms with Crippen LogP contribution in [0.15, 0.2) is 29.2 Å². The summed E-state index contributed by atoms with van der Waals surface area (Å²) in [6.45, 7) is 5.13. The summed E-state index contributed by atoms with van der Waals surface area (Å²) in [6, 6.07) is 3.38. The first-order valence-electron chi connectivity index (χ1n) is 12.0. The van der Waals surface area contributed by atoms with Crippen LogP contribution in [-0.4, -0.2) is 77.1 Å². The number of ether oxygens (including phenoxy) is 2. The molecule has 0 bridgehead atoms. The van der Waals surface area contributed by atoms with Gasteiger partial charge < -0.3 is 19.7 Å². The van der Waals surface area contributed by atoms with Crippen molar-refractivity contribution < 1.29 is 36.5 Å². The molecule has 12 heteroatoms. The number of nitrogens with zero attached hydrogens (tertiary/aromatic N) is 1. The minimum Gasteiger partial charge on any atom is -0.467 e. The highest BCUT2D eigenvalue weighted by molar-refractivity contribution is 7.86. The summed E-state index contributed by atoms with van der Waals surface area (Å²) in [7, 11) is 2.63. The molecule has 1 heterocycles. The Morgan fingerprint density at radius 2 is 1.69 bits per heavy atom. The zero-order chi connectivity index (χ0) is 26.7. The molecular formula is C24H33BN2O8S. The van der Waals surface area contributed by atoms with Gasteiger partial charge in [-0.2, -0.15) is 8.42 Å². The highest BCUT2D eigenvalue weighted by atomic mass is 32.2. The predicted octanol–water partition coefficient (Wildman–Crippen LogP) is 1.41. The van der Waals surface area contributed by atoms with Crippen LogP contribution in [0.1, 0.15) is 52.9 Å². The van der Waals surface area contributed by atoms with Gasteiger partial charge in [0.15, 0.2) is 0 Å². The number of carbonyl (C=O) groups excluding carboxylic acids is 3. The van der Waals surface area contributed by atoms with Gasteiger partial charge in [-0.15, -0.1) is 0 Å². The average Bonchev–Trinajstić information content (AvgIpc) is 3.45. The standard InChI is InChI=1S/C24H33BN2O8S/c1-24(2,3)20(26-23(30)34-16-7-5-6-8-16)21(28)27-14-17(13-19(27)22(29)33-4)35-36(31,32)18-11-9-15(25)10-12-18/h9-12,16-17,19-20H,5-8,13-14H2,1-4H3,(H,26,30)/t17-,19-,20+/m0/s1. The zero-order valence-electron chi connectivity index (χ0n) is 21.1. The Balaban J connectivity index is 1.78. The smallest absolute Gasteiger partial charge is 0.408 e. The van der Waals surface area contributed by atoms with Crippen LogP contribution in [-0.2, 0) is 33.4 Å². The first-order valence-corrected chi connectivity index (χ1v) is 13.4. The number of esters is 1. The molecule has 2 fully saturated rings. The van der Waals surface area contributed by atoms with Crippen LogP contribution in [0, 0.1) is 5.41 Å². The molecule has 1 aliphatic heterocycles. The second-order valence-electron chi connectivity index (χ2n) is 10.3. The van der Waals surface area contributed by atoms with Gasteiger partial charge in [0, 0.05) is 13.0 Å². The molecule has 2 amide bonds. The van der Waals surface area contributed by atoms with Crippen molar-refractivity contribution in [1.29, 1.82) is 0 Å². The number of alkyl carbamates (subject to hydrolysis) is 1. The zero-order valence-corrected chi connectivity index (χ0v) is 21.9. The topological polar surface area (TPSA) is 128 Å². The largest absolute Gasteiger partial charge is 0.467 e. The summed E-state index contributed by atoms with van der Waals surface area (Å²) in [6.07, 6.45) is 1.54.